The van der Waals surface area contributed by atoms with Crippen LogP contribution < -0.4 is 5.32 Å². The molecule has 104 valence electrons. The van der Waals surface area contributed by atoms with Gasteiger partial charge in [0.2, 0.25) is 5.95 Å². The number of nitrogens with zero attached hydrogens (tertiary/aromatic N) is 2. The van der Waals surface area contributed by atoms with E-state index in [1.54, 1.807) is 19.1 Å². The van der Waals surface area contributed by atoms with Crippen LogP contribution in [0.25, 0.3) is 0 Å². The van der Waals surface area contributed by atoms with Gasteiger partial charge in [-0.2, -0.15) is 0 Å². The molecule has 20 heavy (non-hydrogen) atoms. The van der Waals surface area contributed by atoms with E-state index in [9.17, 15) is 9.18 Å². The van der Waals surface area contributed by atoms with Crippen molar-refractivity contribution >= 4 is 11.9 Å². The van der Waals surface area contributed by atoms with Crippen LogP contribution in [0.5, 0.6) is 0 Å². The summed E-state index contributed by atoms with van der Waals surface area (Å²) < 4.78 is 13.2. The summed E-state index contributed by atoms with van der Waals surface area (Å²) in [5.74, 6) is -1.23. The van der Waals surface area contributed by atoms with Crippen LogP contribution in [0.1, 0.15) is 34.7 Å². The highest BCUT2D eigenvalue weighted by Gasteiger charge is 2.12. The van der Waals surface area contributed by atoms with E-state index in [1.807, 2.05) is 6.92 Å². The van der Waals surface area contributed by atoms with Crippen molar-refractivity contribution in [2.75, 3.05) is 5.32 Å². The van der Waals surface area contributed by atoms with Crippen LogP contribution in [-0.2, 0) is 0 Å². The molecule has 1 aromatic carbocycles. The molecule has 0 aliphatic heterocycles. The molecule has 0 saturated heterocycles. The highest BCUT2D eigenvalue weighted by atomic mass is 19.1. The number of aromatic carboxylic acids is 1. The molecule has 2 rings (SSSR count). The number of nitrogens with one attached hydrogen (secondary N) is 1. The number of carboxylic acids is 1. The van der Waals surface area contributed by atoms with E-state index in [1.165, 1.54) is 18.2 Å². The molecule has 0 aliphatic rings. The molecule has 6 heteroatoms. The predicted octanol–water partition coefficient (Wildman–Crippen LogP) is 2.80. The summed E-state index contributed by atoms with van der Waals surface area (Å²) in [6.45, 7) is 3.51. The second-order valence-corrected chi connectivity index (χ2v) is 4.44. The van der Waals surface area contributed by atoms with Gasteiger partial charge in [-0.1, -0.05) is 12.1 Å². The second kappa shape index (κ2) is 5.64. The van der Waals surface area contributed by atoms with E-state index >= 15 is 0 Å². The van der Waals surface area contributed by atoms with Crippen LogP contribution in [0, 0.1) is 12.7 Å². The molecule has 0 aliphatic carbocycles. The number of hydrogen-bond acceptors (Lipinski definition) is 4. The summed E-state index contributed by atoms with van der Waals surface area (Å²) >= 11 is 0. The molecule has 0 amide bonds. The fourth-order valence-corrected chi connectivity index (χ4v) is 1.80. The van der Waals surface area contributed by atoms with Crippen molar-refractivity contribution in [3.63, 3.8) is 0 Å². The Kier molecular flexibility index (Phi) is 3.93. The zero-order chi connectivity index (χ0) is 14.7. The van der Waals surface area contributed by atoms with Gasteiger partial charge in [0.05, 0.1) is 6.04 Å². The number of carbonyl (C=O) groups is 1. The summed E-state index contributed by atoms with van der Waals surface area (Å²) in [5, 5.41) is 11.9. The molecule has 2 N–H and O–H groups in total. The first kappa shape index (κ1) is 13.9. The fraction of sp³-hybridized carbons (Fsp3) is 0.214. The first-order valence-electron chi connectivity index (χ1n) is 6.06. The Labute approximate surface area is 115 Å². The van der Waals surface area contributed by atoms with Gasteiger partial charge in [-0.25, -0.2) is 19.2 Å². The number of benzene rings is 1. The smallest absolute Gasteiger partial charge is 0.354 e. The van der Waals surface area contributed by atoms with E-state index in [-0.39, 0.29) is 23.5 Å². The topological polar surface area (TPSA) is 75.1 Å². The van der Waals surface area contributed by atoms with Gasteiger partial charge in [-0.05, 0) is 37.6 Å². The van der Waals surface area contributed by atoms with E-state index < -0.39 is 5.97 Å². The molecule has 1 aromatic heterocycles. The number of anilines is 1. The largest absolute Gasteiger partial charge is 0.477 e. The van der Waals surface area contributed by atoms with Gasteiger partial charge in [-0.15, -0.1) is 0 Å². The molecule has 0 spiro atoms. The Morgan fingerprint density at radius 1 is 1.35 bits per heavy atom. The van der Waals surface area contributed by atoms with Gasteiger partial charge in [0.25, 0.3) is 0 Å². The maximum absolute atomic E-state index is 13.2. The third kappa shape index (κ3) is 3.28. The molecule has 1 atom stereocenters. The van der Waals surface area contributed by atoms with Crippen molar-refractivity contribution < 1.29 is 14.3 Å². The lowest BCUT2D eigenvalue weighted by Crippen LogP contribution is -2.12. The van der Waals surface area contributed by atoms with Gasteiger partial charge < -0.3 is 10.4 Å². The highest BCUT2D eigenvalue weighted by Crippen LogP contribution is 2.18. The van der Waals surface area contributed by atoms with Gasteiger partial charge in [0.1, 0.15) is 5.82 Å². The average Bonchev–Trinajstić information content (AvgIpc) is 2.37. The Hall–Kier alpha value is -2.50. The Morgan fingerprint density at radius 2 is 2.10 bits per heavy atom. The van der Waals surface area contributed by atoms with E-state index in [2.05, 4.69) is 15.3 Å². The molecule has 0 bridgehead atoms. The summed E-state index contributed by atoms with van der Waals surface area (Å²) in [5.41, 5.74) is 1.20. The Balaban J connectivity index is 2.23. The van der Waals surface area contributed by atoms with E-state index in [4.69, 9.17) is 5.11 Å². The van der Waals surface area contributed by atoms with Gasteiger partial charge in [0, 0.05) is 5.69 Å². The number of carboxylic acid groups (broad SMARTS) is 1. The lowest BCUT2D eigenvalue weighted by Gasteiger charge is -2.14. The summed E-state index contributed by atoms with van der Waals surface area (Å²) in [6, 6.07) is 7.31. The summed E-state index contributed by atoms with van der Waals surface area (Å²) in [6.07, 6.45) is 0. The van der Waals surface area contributed by atoms with Crippen molar-refractivity contribution in [3.8, 4) is 0 Å². The van der Waals surface area contributed by atoms with Crippen LogP contribution in [0.15, 0.2) is 30.3 Å². The number of rotatable bonds is 4. The predicted molar refractivity (Wildman–Crippen MR) is 72.2 cm³/mol. The maximum atomic E-state index is 13.2. The number of halogens is 1. The molecule has 0 saturated carbocycles. The summed E-state index contributed by atoms with van der Waals surface area (Å²) in [4.78, 5) is 19.0. The molecule has 1 heterocycles. The molecular formula is C14H14FN3O2. The molecule has 2 aromatic rings. The first-order chi connectivity index (χ1) is 9.45. The normalized spacial score (nSPS) is 11.9. The molecule has 1 unspecified atom stereocenters. The Morgan fingerprint density at radius 3 is 2.75 bits per heavy atom. The summed E-state index contributed by atoms with van der Waals surface area (Å²) in [7, 11) is 0. The van der Waals surface area contributed by atoms with Crippen molar-refractivity contribution in [3.05, 3.63) is 53.1 Å². The molecule has 5 nitrogen and oxygen atoms in total. The third-order valence-electron chi connectivity index (χ3n) is 2.77. The number of hydrogen-bond donors (Lipinski definition) is 2. The van der Waals surface area contributed by atoms with Crippen molar-refractivity contribution in [1.82, 2.24) is 9.97 Å². The zero-order valence-electron chi connectivity index (χ0n) is 11.1. The van der Waals surface area contributed by atoms with E-state index in [0.29, 0.717) is 5.69 Å². The quantitative estimate of drug-likeness (QED) is 0.897. The van der Waals surface area contributed by atoms with E-state index in [0.717, 1.165) is 5.56 Å². The molecular weight excluding hydrogens is 261 g/mol. The van der Waals surface area contributed by atoms with Crippen molar-refractivity contribution in [2.24, 2.45) is 0 Å². The van der Waals surface area contributed by atoms with Crippen LogP contribution in [0.4, 0.5) is 10.3 Å². The van der Waals surface area contributed by atoms with Gasteiger partial charge in [-0.3, -0.25) is 0 Å². The minimum Gasteiger partial charge on any atom is -0.477 e. The minimum atomic E-state index is -1.11. The third-order valence-corrected chi connectivity index (χ3v) is 2.77. The first-order valence-corrected chi connectivity index (χ1v) is 6.06. The molecule has 0 radical (unpaired) electrons. The van der Waals surface area contributed by atoms with Crippen LogP contribution >= 0.6 is 0 Å². The fourth-order valence-electron chi connectivity index (χ4n) is 1.80. The highest BCUT2D eigenvalue weighted by molar-refractivity contribution is 5.85. The maximum Gasteiger partial charge on any atom is 0.354 e. The van der Waals surface area contributed by atoms with Gasteiger partial charge in [0.15, 0.2) is 5.69 Å². The lowest BCUT2D eigenvalue weighted by atomic mass is 10.1. The van der Waals surface area contributed by atoms with Crippen LogP contribution in [-0.4, -0.2) is 21.0 Å². The van der Waals surface area contributed by atoms with Crippen molar-refractivity contribution in [1.29, 1.82) is 0 Å². The standard InChI is InChI=1S/C14H14FN3O2/c1-8-6-12(13(19)20)18-14(16-8)17-9(2)10-4-3-5-11(15)7-10/h3-7,9H,1-2H3,(H,19,20)(H,16,17,18). The Bertz CT molecular complexity index is 646. The monoisotopic (exact) mass is 275 g/mol. The average molecular weight is 275 g/mol. The lowest BCUT2D eigenvalue weighted by molar-refractivity contribution is 0.0690. The van der Waals surface area contributed by atoms with Crippen molar-refractivity contribution in [2.45, 2.75) is 19.9 Å². The van der Waals surface area contributed by atoms with Crippen LogP contribution in [0.2, 0.25) is 0 Å². The van der Waals surface area contributed by atoms with Gasteiger partial charge >= 0.3 is 5.97 Å². The number of aryl methyl sites for hydroxylation is 1. The zero-order valence-corrected chi connectivity index (χ0v) is 11.1. The molecule has 0 fully saturated rings. The second-order valence-electron chi connectivity index (χ2n) is 4.44. The number of aromatic nitrogens is 2. The van der Waals surface area contributed by atoms with Crippen LogP contribution in [0.3, 0.4) is 0 Å². The SMILES string of the molecule is Cc1cc(C(=O)O)nc(NC(C)c2cccc(F)c2)n1. The minimum absolute atomic E-state index is 0.0774.